The molecule has 2 aromatic rings. The highest BCUT2D eigenvalue weighted by molar-refractivity contribution is 5.89. The summed E-state index contributed by atoms with van der Waals surface area (Å²) in [4.78, 5) is 25.3. The van der Waals surface area contributed by atoms with E-state index in [2.05, 4.69) is 16.0 Å². The number of hydrogen-bond donors (Lipinski definition) is 3. The van der Waals surface area contributed by atoms with Gasteiger partial charge in [-0.15, -0.1) is 0 Å². The van der Waals surface area contributed by atoms with Crippen molar-refractivity contribution in [3.05, 3.63) is 59.7 Å². The van der Waals surface area contributed by atoms with Gasteiger partial charge in [-0.3, -0.25) is 9.69 Å². The van der Waals surface area contributed by atoms with Crippen molar-refractivity contribution >= 4 is 17.6 Å². The molecular weight excluding hydrogens is 344 g/mol. The Morgan fingerprint density at radius 1 is 1.00 bits per heavy atom. The second-order valence-electron chi connectivity index (χ2n) is 6.20. The first-order chi connectivity index (χ1) is 13.0. The van der Waals surface area contributed by atoms with E-state index < -0.39 is 0 Å². The molecule has 0 saturated carbocycles. The molecule has 2 aromatic carbocycles. The average Bonchev–Trinajstić information content (AvgIpc) is 2.68. The van der Waals surface area contributed by atoms with Crippen LogP contribution in [0.4, 0.5) is 10.5 Å². The van der Waals surface area contributed by atoms with Gasteiger partial charge in [-0.2, -0.15) is 0 Å². The van der Waals surface area contributed by atoms with Crippen LogP contribution in [0.1, 0.15) is 11.1 Å². The van der Waals surface area contributed by atoms with E-state index in [-0.39, 0.29) is 11.9 Å². The Morgan fingerprint density at radius 3 is 2.22 bits per heavy atom. The Bertz CT molecular complexity index is 745. The second kappa shape index (κ2) is 10.2. The molecule has 3 N–H and O–H groups in total. The number of hydrogen-bond acceptors (Lipinski definition) is 4. The van der Waals surface area contributed by atoms with Crippen LogP contribution >= 0.6 is 0 Å². The zero-order valence-corrected chi connectivity index (χ0v) is 15.9. The SMILES string of the molecule is CNC(=O)CN(C)Cc1ccc(NC(=O)NCc2ccc(OC)cc2)cc1. The van der Waals surface area contributed by atoms with Gasteiger partial charge in [0.25, 0.3) is 0 Å². The fourth-order valence-electron chi connectivity index (χ4n) is 2.49. The van der Waals surface area contributed by atoms with Gasteiger partial charge in [0.15, 0.2) is 0 Å². The molecule has 0 bridgehead atoms. The normalized spacial score (nSPS) is 10.4. The Kier molecular flexibility index (Phi) is 7.63. The summed E-state index contributed by atoms with van der Waals surface area (Å²) in [6.45, 7) is 1.42. The Morgan fingerprint density at radius 2 is 1.63 bits per heavy atom. The molecule has 27 heavy (non-hydrogen) atoms. The number of nitrogens with one attached hydrogen (secondary N) is 3. The summed E-state index contributed by atoms with van der Waals surface area (Å²) in [5, 5.41) is 8.22. The summed E-state index contributed by atoms with van der Waals surface area (Å²) >= 11 is 0. The molecule has 7 heteroatoms. The van der Waals surface area contributed by atoms with Crippen LogP contribution in [0.2, 0.25) is 0 Å². The smallest absolute Gasteiger partial charge is 0.319 e. The van der Waals surface area contributed by atoms with Crippen LogP contribution < -0.4 is 20.7 Å². The summed E-state index contributed by atoms with van der Waals surface area (Å²) in [7, 11) is 5.12. The number of anilines is 1. The van der Waals surface area contributed by atoms with Crippen LogP contribution in [0.3, 0.4) is 0 Å². The first-order valence-electron chi connectivity index (χ1n) is 8.66. The molecule has 0 atom stereocenters. The van der Waals surface area contributed by atoms with Crippen LogP contribution in [0.5, 0.6) is 5.75 Å². The summed E-state index contributed by atoms with van der Waals surface area (Å²) in [6, 6.07) is 14.8. The minimum Gasteiger partial charge on any atom is -0.497 e. The number of carbonyl (C=O) groups is 2. The maximum absolute atomic E-state index is 12.0. The van der Waals surface area contributed by atoms with E-state index in [1.54, 1.807) is 14.2 Å². The molecule has 0 aliphatic heterocycles. The Balaban J connectivity index is 1.79. The molecule has 0 heterocycles. The number of methoxy groups -OCH3 is 1. The van der Waals surface area contributed by atoms with Crippen LogP contribution in [-0.2, 0) is 17.9 Å². The molecule has 144 valence electrons. The van der Waals surface area contributed by atoms with Crippen molar-refractivity contribution in [1.82, 2.24) is 15.5 Å². The number of rotatable bonds is 8. The van der Waals surface area contributed by atoms with Crippen LogP contribution in [0.25, 0.3) is 0 Å². The van der Waals surface area contributed by atoms with Crippen LogP contribution in [-0.4, -0.2) is 44.6 Å². The highest BCUT2D eigenvalue weighted by Crippen LogP contribution is 2.12. The van der Waals surface area contributed by atoms with Crippen molar-refractivity contribution in [2.24, 2.45) is 0 Å². The van der Waals surface area contributed by atoms with Crippen molar-refractivity contribution in [2.45, 2.75) is 13.1 Å². The lowest BCUT2D eigenvalue weighted by molar-refractivity contribution is -0.121. The van der Waals surface area contributed by atoms with Crippen molar-refractivity contribution in [1.29, 1.82) is 0 Å². The number of likely N-dealkylation sites (N-methyl/N-ethyl adjacent to an activating group) is 2. The number of nitrogens with zero attached hydrogens (tertiary/aromatic N) is 1. The largest absolute Gasteiger partial charge is 0.497 e. The lowest BCUT2D eigenvalue weighted by atomic mass is 10.2. The van der Waals surface area contributed by atoms with E-state index in [1.807, 2.05) is 60.5 Å². The van der Waals surface area contributed by atoms with Gasteiger partial charge >= 0.3 is 6.03 Å². The first kappa shape index (κ1) is 20.3. The van der Waals surface area contributed by atoms with Crippen LogP contribution in [0, 0.1) is 0 Å². The molecule has 2 rings (SSSR count). The predicted octanol–water partition coefficient (Wildman–Crippen LogP) is 2.19. The van der Waals surface area contributed by atoms with Gasteiger partial charge in [-0.1, -0.05) is 24.3 Å². The third-order valence-corrected chi connectivity index (χ3v) is 3.97. The molecule has 0 radical (unpaired) electrons. The number of urea groups is 1. The molecule has 0 aliphatic rings. The van der Waals surface area contributed by atoms with E-state index in [9.17, 15) is 9.59 Å². The van der Waals surface area contributed by atoms with E-state index in [0.717, 1.165) is 16.9 Å². The number of benzene rings is 2. The molecule has 0 spiro atoms. The van der Waals surface area contributed by atoms with E-state index in [4.69, 9.17) is 4.74 Å². The fourth-order valence-corrected chi connectivity index (χ4v) is 2.49. The molecule has 0 saturated heterocycles. The number of amides is 3. The predicted molar refractivity (Wildman–Crippen MR) is 106 cm³/mol. The molecule has 0 aromatic heterocycles. The van der Waals surface area contributed by atoms with Gasteiger partial charge in [0.2, 0.25) is 5.91 Å². The Hall–Kier alpha value is -3.06. The zero-order chi connectivity index (χ0) is 19.6. The summed E-state index contributed by atoms with van der Waals surface area (Å²) in [5.74, 6) is 0.758. The topological polar surface area (TPSA) is 82.7 Å². The monoisotopic (exact) mass is 370 g/mol. The van der Waals surface area contributed by atoms with Gasteiger partial charge in [0.1, 0.15) is 5.75 Å². The maximum atomic E-state index is 12.0. The minimum absolute atomic E-state index is 0.0238. The van der Waals surface area contributed by atoms with E-state index >= 15 is 0 Å². The van der Waals surface area contributed by atoms with Crippen molar-refractivity contribution < 1.29 is 14.3 Å². The molecular formula is C20H26N4O3. The molecule has 0 fully saturated rings. The molecule has 0 aliphatic carbocycles. The van der Waals surface area contributed by atoms with Crippen molar-refractivity contribution in [3.63, 3.8) is 0 Å². The molecule has 7 nitrogen and oxygen atoms in total. The Labute approximate surface area is 159 Å². The van der Waals surface area contributed by atoms with Gasteiger partial charge in [-0.05, 0) is 42.4 Å². The summed E-state index contributed by atoms with van der Waals surface area (Å²) in [6.07, 6.45) is 0. The highest BCUT2D eigenvalue weighted by atomic mass is 16.5. The van der Waals surface area contributed by atoms with Gasteiger partial charge < -0.3 is 20.7 Å². The first-order valence-corrected chi connectivity index (χ1v) is 8.66. The van der Waals surface area contributed by atoms with Gasteiger partial charge in [0, 0.05) is 25.8 Å². The lowest BCUT2D eigenvalue weighted by Crippen LogP contribution is -2.32. The third-order valence-electron chi connectivity index (χ3n) is 3.97. The standard InChI is InChI=1S/C20H26N4O3/c1-21-19(25)14-24(2)13-16-4-8-17(9-5-16)23-20(26)22-12-15-6-10-18(27-3)11-7-15/h4-11H,12-14H2,1-3H3,(H,21,25)(H2,22,23,26). The van der Waals surface area contributed by atoms with Gasteiger partial charge in [-0.25, -0.2) is 4.79 Å². The average molecular weight is 370 g/mol. The quantitative estimate of drug-likeness (QED) is 0.665. The summed E-state index contributed by atoms with van der Waals surface area (Å²) < 4.78 is 5.11. The van der Waals surface area contributed by atoms with E-state index in [1.165, 1.54) is 0 Å². The fraction of sp³-hybridized carbons (Fsp3) is 0.300. The maximum Gasteiger partial charge on any atom is 0.319 e. The number of carbonyl (C=O) groups excluding carboxylic acids is 2. The second-order valence-corrected chi connectivity index (χ2v) is 6.20. The van der Waals surface area contributed by atoms with Gasteiger partial charge in [0.05, 0.1) is 13.7 Å². The molecule has 0 unspecified atom stereocenters. The molecule has 3 amide bonds. The number of ether oxygens (including phenoxy) is 1. The zero-order valence-electron chi connectivity index (χ0n) is 15.9. The van der Waals surface area contributed by atoms with E-state index in [0.29, 0.717) is 25.3 Å². The minimum atomic E-state index is -0.268. The summed E-state index contributed by atoms with van der Waals surface area (Å²) in [5.41, 5.74) is 2.76. The third kappa shape index (κ3) is 6.99. The highest BCUT2D eigenvalue weighted by Gasteiger charge is 2.06. The van der Waals surface area contributed by atoms with Crippen LogP contribution in [0.15, 0.2) is 48.5 Å². The van der Waals surface area contributed by atoms with Crippen molar-refractivity contribution in [2.75, 3.05) is 33.1 Å². The van der Waals surface area contributed by atoms with Crippen molar-refractivity contribution in [3.8, 4) is 5.75 Å². The lowest BCUT2D eigenvalue weighted by Gasteiger charge is -2.16.